The predicted molar refractivity (Wildman–Crippen MR) is 72.8 cm³/mol. The highest BCUT2D eigenvalue weighted by Gasteiger charge is 2.19. The minimum absolute atomic E-state index is 0.177. The minimum Gasteiger partial charge on any atom is -0.326 e. The topological polar surface area (TPSA) is 38.0 Å². The van der Waals surface area contributed by atoms with Gasteiger partial charge in [-0.25, -0.2) is 0 Å². The van der Waals surface area contributed by atoms with E-state index in [4.69, 9.17) is 5.73 Å². The van der Waals surface area contributed by atoms with Gasteiger partial charge in [0.1, 0.15) is 0 Å². The Kier molecular flexibility index (Phi) is 4.96. The fourth-order valence-corrected chi connectivity index (χ4v) is 2.43. The maximum absolute atomic E-state index is 6.10. The molecule has 0 aliphatic carbocycles. The number of nitrogens with one attached hydrogen (secondary N) is 1. The molecule has 0 fully saturated rings. The number of hydrogen-bond acceptors (Lipinski definition) is 3. The van der Waals surface area contributed by atoms with Crippen molar-refractivity contribution in [2.24, 2.45) is 11.1 Å². The Morgan fingerprint density at radius 3 is 2.69 bits per heavy atom. The Morgan fingerprint density at radius 2 is 2.12 bits per heavy atom. The van der Waals surface area contributed by atoms with Gasteiger partial charge in [-0.15, -0.1) is 11.3 Å². The third kappa shape index (κ3) is 3.89. The monoisotopic (exact) mass is 240 g/mol. The summed E-state index contributed by atoms with van der Waals surface area (Å²) in [6.45, 7) is 10.6. The molecule has 3 heteroatoms. The third-order valence-corrected chi connectivity index (χ3v) is 3.94. The number of nitrogens with two attached hydrogens (primary N) is 1. The minimum atomic E-state index is 0.177. The second-order valence-corrected chi connectivity index (χ2v) is 6.33. The Hall–Kier alpha value is -0.380. The van der Waals surface area contributed by atoms with Gasteiger partial charge in [-0.2, -0.15) is 0 Å². The second-order valence-electron chi connectivity index (χ2n) is 5.33. The van der Waals surface area contributed by atoms with E-state index in [1.54, 1.807) is 0 Å². The smallest absolute Gasteiger partial charge is 0.0303 e. The van der Waals surface area contributed by atoms with Crippen LogP contribution in [0.1, 0.15) is 38.1 Å². The second kappa shape index (κ2) is 5.80. The van der Waals surface area contributed by atoms with Crippen LogP contribution in [0.3, 0.4) is 0 Å². The van der Waals surface area contributed by atoms with Crippen molar-refractivity contribution in [3.8, 4) is 0 Å². The van der Waals surface area contributed by atoms with Crippen molar-refractivity contribution in [1.82, 2.24) is 5.32 Å². The molecule has 1 rings (SSSR count). The molecule has 1 unspecified atom stereocenters. The van der Waals surface area contributed by atoms with E-state index >= 15 is 0 Å². The lowest BCUT2D eigenvalue weighted by atomic mass is 9.87. The van der Waals surface area contributed by atoms with Gasteiger partial charge < -0.3 is 11.1 Å². The molecule has 0 aromatic carbocycles. The van der Waals surface area contributed by atoms with Gasteiger partial charge in [-0.05, 0) is 28.8 Å². The van der Waals surface area contributed by atoms with Crippen molar-refractivity contribution >= 4 is 11.3 Å². The molecule has 0 spiro atoms. The molecule has 0 bridgehead atoms. The molecule has 16 heavy (non-hydrogen) atoms. The zero-order valence-corrected chi connectivity index (χ0v) is 11.7. The summed E-state index contributed by atoms with van der Waals surface area (Å²) in [4.78, 5) is 1.45. The van der Waals surface area contributed by atoms with Crippen LogP contribution in [0.25, 0.3) is 0 Å². The summed E-state index contributed by atoms with van der Waals surface area (Å²) in [7, 11) is 0. The predicted octanol–water partition coefficient (Wildman–Crippen LogP) is 2.77. The summed E-state index contributed by atoms with van der Waals surface area (Å²) in [5, 5.41) is 5.62. The van der Waals surface area contributed by atoms with Crippen LogP contribution in [0.2, 0.25) is 0 Å². The highest BCUT2D eigenvalue weighted by molar-refractivity contribution is 7.10. The Balaban J connectivity index is 2.36. The summed E-state index contributed by atoms with van der Waals surface area (Å²) >= 11 is 1.83. The zero-order chi connectivity index (χ0) is 12.2. The molecule has 0 aliphatic heterocycles. The summed E-state index contributed by atoms with van der Waals surface area (Å²) in [5.74, 6) is 0. The van der Waals surface area contributed by atoms with Crippen molar-refractivity contribution in [2.45, 2.75) is 46.7 Å². The lowest BCUT2D eigenvalue weighted by molar-refractivity contribution is 0.309. The van der Waals surface area contributed by atoms with Crippen molar-refractivity contribution in [3.63, 3.8) is 0 Å². The Morgan fingerprint density at radius 1 is 1.44 bits per heavy atom. The zero-order valence-electron chi connectivity index (χ0n) is 10.8. The normalized spacial score (nSPS) is 14.1. The average molecular weight is 240 g/mol. The van der Waals surface area contributed by atoms with Gasteiger partial charge in [0.2, 0.25) is 0 Å². The molecular weight excluding hydrogens is 216 g/mol. The molecular formula is C13H24N2S. The highest BCUT2D eigenvalue weighted by Crippen LogP contribution is 2.18. The Bertz CT molecular complexity index is 312. The van der Waals surface area contributed by atoms with Gasteiger partial charge in [0, 0.05) is 24.0 Å². The first-order valence-corrected chi connectivity index (χ1v) is 6.84. The van der Waals surface area contributed by atoms with Gasteiger partial charge in [0.15, 0.2) is 0 Å². The summed E-state index contributed by atoms with van der Waals surface area (Å²) in [6.07, 6.45) is 1.12. The Labute approximate surface area is 103 Å². The number of thiophene rings is 1. The maximum atomic E-state index is 6.10. The first-order chi connectivity index (χ1) is 7.45. The van der Waals surface area contributed by atoms with Crippen LogP contribution in [0.4, 0.5) is 0 Å². The van der Waals surface area contributed by atoms with E-state index in [-0.39, 0.29) is 11.5 Å². The maximum Gasteiger partial charge on any atom is 0.0303 e. The average Bonchev–Trinajstić information content (AvgIpc) is 2.63. The van der Waals surface area contributed by atoms with E-state index in [1.165, 1.54) is 10.4 Å². The molecule has 0 radical (unpaired) electrons. The van der Waals surface area contributed by atoms with Gasteiger partial charge >= 0.3 is 0 Å². The van der Waals surface area contributed by atoms with Crippen molar-refractivity contribution < 1.29 is 0 Å². The van der Waals surface area contributed by atoms with Crippen LogP contribution >= 0.6 is 11.3 Å². The molecule has 1 heterocycles. The van der Waals surface area contributed by atoms with Gasteiger partial charge in [-0.3, -0.25) is 0 Å². The first-order valence-electron chi connectivity index (χ1n) is 5.96. The van der Waals surface area contributed by atoms with Crippen molar-refractivity contribution in [1.29, 1.82) is 0 Å². The van der Waals surface area contributed by atoms with Crippen LogP contribution < -0.4 is 11.1 Å². The molecule has 1 aromatic rings. The van der Waals surface area contributed by atoms with Crippen LogP contribution in [-0.4, -0.2) is 12.6 Å². The summed E-state index contributed by atoms with van der Waals surface area (Å²) < 4.78 is 0. The quantitative estimate of drug-likeness (QED) is 0.830. The standard InChI is InChI=1S/C13H24N2S/c1-5-10-6-7-16-11(10)8-15-9-12(14)13(2,3)4/h6-7,12,15H,5,8-9,14H2,1-4H3. The fourth-order valence-electron chi connectivity index (χ4n) is 1.48. The van der Waals surface area contributed by atoms with E-state index < -0.39 is 0 Å². The summed E-state index contributed by atoms with van der Waals surface area (Å²) in [5.41, 5.74) is 7.74. The van der Waals surface area contributed by atoms with Crippen LogP contribution in [0, 0.1) is 5.41 Å². The van der Waals surface area contributed by atoms with E-state index in [9.17, 15) is 0 Å². The van der Waals surface area contributed by atoms with E-state index in [0.29, 0.717) is 0 Å². The molecule has 1 atom stereocenters. The first kappa shape index (κ1) is 13.7. The van der Waals surface area contributed by atoms with Gasteiger partial charge in [0.05, 0.1) is 0 Å². The largest absolute Gasteiger partial charge is 0.326 e. The molecule has 92 valence electrons. The number of rotatable bonds is 5. The molecule has 3 N–H and O–H groups in total. The third-order valence-electron chi connectivity index (χ3n) is 2.98. The number of aryl methyl sites for hydroxylation is 1. The van der Waals surface area contributed by atoms with Crippen LogP contribution in [0.15, 0.2) is 11.4 Å². The molecule has 0 saturated carbocycles. The van der Waals surface area contributed by atoms with Gasteiger partial charge in [0.25, 0.3) is 0 Å². The lowest BCUT2D eigenvalue weighted by Crippen LogP contribution is -2.43. The van der Waals surface area contributed by atoms with E-state index in [1.807, 2.05) is 11.3 Å². The number of hydrogen-bond donors (Lipinski definition) is 2. The van der Waals surface area contributed by atoms with E-state index in [2.05, 4.69) is 44.5 Å². The molecule has 0 amide bonds. The van der Waals surface area contributed by atoms with Gasteiger partial charge in [-0.1, -0.05) is 27.7 Å². The molecule has 0 saturated heterocycles. The fraction of sp³-hybridized carbons (Fsp3) is 0.692. The van der Waals surface area contributed by atoms with Crippen LogP contribution in [-0.2, 0) is 13.0 Å². The lowest BCUT2D eigenvalue weighted by Gasteiger charge is -2.27. The molecule has 2 nitrogen and oxygen atoms in total. The molecule has 1 aromatic heterocycles. The summed E-state index contributed by atoms with van der Waals surface area (Å²) in [6, 6.07) is 2.42. The van der Waals surface area contributed by atoms with E-state index in [0.717, 1.165) is 19.5 Å². The van der Waals surface area contributed by atoms with Crippen LogP contribution in [0.5, 0.6) is 0 Å². The van der Waals surface area contributed by atoms with Crippen molar-refractivity contribution in [2.75, 3.05) is 6.54 Å². The SMILES string of the molecule is CCc1ccsc1CNCC(N)C(C)(C)C. The molecule has 0 aliphatic rings. The highest BCUT2D eigenvalue weighted by atomic mass is 32.1. The van der Waals surface area contributed by atoms with Crippen molar-refractivity contribution in [3.05, 3.63) is 21.9 Å².